The Kier molecular flexibility index (Phi) is 3.08. The maximum atomic E-state index is 13.2. The van der Waals surface area contributed by atoms with Gasteiger partial charge < -0.3 is 10.3 Å². The van der Waals surface area contributed by atoms with E-state index < -0.39 is 17.7 Å². The zero-order chi connectivity index (χ0) is 12.3. The Morgan fingerprint density at radius 3 is 2.88 bits per heavy atom. The lowest BCUT2D eigenvalue weighted by atomic mass is 10.2. The van der Waals surface area contributed by atoms with Crippen LogP contribution in [0.4, 0.5) is 8.78 Å². The lowest BCUT2D eigenvalue weighted by Gasteiger charge is -2.04. The highest BCUT2D eigenvalue weighted by Gasteiger charge is 2.15. The van der Waals surface area contributed by atoms with Crippen LogP contribution in [0.3, 0.4) is 0 Å². The van der Waals surface area contributed by atoms with Crippen LogP contribution in [0.1, 0.15) is 16.2 Å². The number of aromatic nitrogens is 3. The summed E-state index contributed by atoms with van der Waals surface area (Å²) in [5.74, 6) is -2.76. The highest BCUT2D eigenvalue weighted by Crippen LogP contribution is 2.08. The van der Waals surface area contributed by atoms with Crippen molar-refractivity contribution in [1.29, 1.82) is 0 Å². The highest BCUT2D eigenvalue weighted by molar-refractivity contribution is 5.94. The monoisotopic (exact) mass is 238 g/mol. The van der Waals surface area contributed by atoms with Crippen LogP contribution < -0.4 is 5.32 Å². The van der Waals surface area contributed by atoms with Gasteiger partial charge in [-0.2, -0.15) is 4.39 Å². The summed E-state index contributed by atoms with van der Waals surface area (Å²) >= 11 is 0. The van der Waals surface area contributed by atoms with Crippen molar-refractivity contribution in [1.82, 2.24) is 20.3 Å². The summed E-state index contributed by atoms with van der Waals surface area (Å²) < 4.78 is 26.0. The Balaban J connectivity index is 2.07. The van der Waals surface area contributed by atoms with Gasteiger partial charge in [-0.3, -0.25) is 4.79 Å². The number of nitrogens with zero attached hydrogens (tertiary/aromatic N) is 2. The lowest BCUT2D eigenvalue weighted by molar-refractivity contribution is 0.0944. The van der Waals surface area contributed by atoms with E-state index >= 15 is 0 Å². The van der Waals surface area contributed by atoms with Gasteiger partial charge in [0.15, 0.2) is 5.82 Å². The van der Waals surface area contributed by atoms with Gasteiger partial charge in [0.2, 0.25) is 5.95 Å². The molecule has 0 bridgehead atoms. The molecule has 1 amide bonds. The first kappa shape index (κ1) is 11.2. The molecule has 0 saturated carbocycles. The van der Waals surface area contributed by atoms with Crippen molar-refractivity contribution >= 4 is 5.91 Å². The third-order valence-electron chi connectivity index (χ3n) is 2.06. The lowest BCUT2D eigenvalue weighted by Crippen LogP contribution is -2.24. The molecule has 0 aromatic carbocycles. The van der Waals surface area contributed by atoms with Crippen LogP contribution in [0.15, 0.2) is 24.7 Å². The number of hydrogen-bond acceptors (Lipinski definition) is 3. The highest BCUT2D eigenvalue weighted by atomic mass is 19.2. The van der Waals surface area contributed by atoms with Crippen LogP contribution >= 0.6 is 0 Å². The molecule has 2 N–H and O–H groups in total. The number of carbonyl (C=O) groups is 1. The normalized spacial score (nSPS) is 10.2. The van der Waals surface area contributed by atoms with Crippen LogP contribution in [0.5, 0.6) is 0 Å². The van der Waals surface area contributed by atoms with E-state index in [0.717, 1.165) is 12.3 Å². The van der Waals surface area contributed by atoms with E-state index in [-0.39, 0.29) is 12.1 Å². The molecule has 5 nitrogen and oxygen atoms in total. The van der Waals surface area contributed by atoms with E-state index in [4.69, 9.17) is 0 Å². The number of amides is 1. The third kappa shape index (κ3) is 2.44. The van der Waals surface area contributed by atoms with Crippen LogP contribution in [0.25, 0.3) is 0 Å². The average Bonchev–Trinajstić information content (AvgIpc) is 2.82. The standard InChI is InChI=1S/C10H8F2N4O/c11-8-6(1-2-15-9(8)12)10(17)16-5-7-13-3-4-14-7/h1-4H,5H2,(H,13,14)(H,16,17). The van der Waals surface area contributed by atoms with Gasteiger partial charge in [-0.15, -0.1) is 0 Å². The van der Waals surface area contributed by atoms with Crippen molar-refractivity contribution in [3.05, 3.63) is 47.8 Å². The number of hydrogen-bond donors (Lipinski definition) is 2. The molecule has 0 aliphatic heterocycles. The van der Waals surface area contributed by atoms with Crippen molar-refractivity contribution in [2.45, 2.75) is 6.54 Å². The number of imidazole rings is 1. The van der Waals surface area contributed by atoms with Crippen LogP contribution in [0, 0.1) is 11.8 Å². The summed E-state index contributed by atoms with van der Waals surface area (Å²) in [5.41, 5.74) is -0.385. The molecule has 0 unspecified atom stereocenters. The Morgan fingerprint density at radius 1 is 1.35 bits per heavy atom. The maximum Gasteiger partial charge on any atom is 0.254 e. The molecule has 0 atom stereocenters. The predicted octanol–water partition coefficient (Wildman–Crippen LogP) is 1.01. The molecule has 0 fully saturated rings. The van der Waals surface area contributed by atoms with Gasteiger partial charge >= 0.3 is 0 Å². The van der Waals surface area contributed by atoms with Gasteiger partial charge in [0.1, 0.15) is 5.82 Å². The van der Waals surface area contributed by atoms with Gasteiger partial charge in [0.05, 0.1) is 12.1 Å². The van der Waals surface area contributed by atoms with E-state index in [1.165, 1.54) is 6.20 Å². The van der Waals surface area contributed by atoms with Gasteiger partial charge in [0.25, 0.3) is 5.91 Å². The number of aromatic amines is 1. The minimum Gasteiger partial charge on any atom is -0.347 e. The van der Waals surface area contributed by atoms with Gasteiger partial charge in [-0.05, 0) is 6.07 Å². The van der Waals surface area contributed by atoms with Crippen molar-refractivity contribution in [2.75, 3.05) is 0 Å². The molecule has 0 radical (unpaired) electrons. The summed E-state index contributed by atoms with van der Waals surface area (Å²) in [6, 6.07) is 1.11. The van der Waals surface area contributed by atoms with Crippen molar-refractivity contribution < 1.29 is 13.6 Å². The molecule has 7 heteroatoms. The first-order valence-electron chi connectivity index (χ1n) is 4.75. The quantitative estimate of drug-likeness (QED) is 0.784. The molecule has 0 aliphatic rings. The third-order valence-corrected chi connectivity index (χ3v) is 2.06. The van der Waals surface area contributed by atoms with E-state index in [1.807, 2.05) is 0 Å². The predicted molar refractivity (Wildman–Crippen MR) is 53.9 cm³/mol. The van der Waals surface area contributed by atoms with Crippen LogP contribution in [-0.4, -0.2) is 20.9 Å². The van der Waals surface area contributed by atoms with E-state index in [0.29, 0.717) is 5.82 Å². The number of pyridine rings is 1. The molecule has 17 heavy (non-hydrogen) atoms. The second-order valence-corrected chi connectivity index (χ2v) is 3.18. The molecule has 0 spiro atoms. The molecule has 2 rings (SSSR count). The second kappa shape index (κ2) is 4.69. The molecule has 2 aromatic rings. The summed E-state index contributed by atoms with van der Waals surface area (Å²) in [4.78, 5) is 21.3. The fourth-order valence-electron chi connectivity index (χ4n) is 1.25. The van der Waals surface area contributed by atoms with Gasteiger partial charge in [-0.25, -0.2) is 14.4 Å². The first-order valence-corrected chi connectivity index (χ1v) is 4.75. The molecule has 2 aromatic heterocycles. The van der Waals surface area contributed by atoms with Gasteiger partial charge in [-0.1, -0.05) is 0 Å². The number of nitrogens with one attached hydrogen (secondary N) is 2. The first-order chi connectivity index (χ1) is 8.18. The second-order valence-electron chi connectivity index (χ2n) is 3.18. The van der Waals surface area contributed by atoms with Gasteiger partial charge in [0, 0.05) is 18.6 Å². The minimum absolute atomic E-state index is 0.106. The Bertz CT molecular complexity index is 527. The largest absolute Gasteiger partial charge is 0.347 e. The van der Waals surface area contributed by atoms with E-state index in [2.05, 4.69) is 20.3 Å². The Hall–Kier alpha value is -2.31. The minimum atomic E-state index is -1.30. The maximum absolute atomic E-state index is 13.2. The summed E-state index contributed by atoms with van der Waals surface area (Å²) in [7, 11) is 0. The molecule has 2 heterocycles. The fraction of sp³-hybridized carbons (Fsp3) is 0.100. The topological polar surface area (TPSA) is 70.7 Å². The van der Waals surface area contributed by atoms with Crippen LogP contribution in [0.2, 0.25) is 0 Å². The number of rotatable bonds is 3. The zero-order valence-corrected chi connectivity index (χ0v) is 8.58. The number of H-pyrrole nitrogens is 1. The van der Waals surface area contributed by atoms with Crippen molar-refractivity contribution in [2.24, 2.45) is 0 Å². The van der Waals surface area contributed by atoms with Crippen molar-refractivity contribution in [3.63, 3.8) is 0 Å². The molecular formula is C10H8F2N4O. The Morgan fingerprint density at radius 2 is 2.18 bits per heavy atom. The molecule has 88 valence electrons. The van der Waals surface area contributed by atoms with E-state index in [1.54, 1.807) is 6.20 Å². The Labute approximate surface area is 94.9 Å². The van der Waals surface area contributed by atoms with Crippen molar-refractivity contribution in [3.8, 4) is 0 Å². The molecule has 0 saturated heterocycles. The SMILES string of the molecule is O=C(NCc1ncc[nH]1)c1ccnc(F)c1F. The molecule has 0 aliphatic carbocycles. The fourth-order valence-corrected chi connectivity index (χ4v) is 1.25. The zero-order valence-electron chi connectivity index (χ0n) is 8.58. The summed E-state index contributed by atoms with van der Waals surface area (Å²) in [6.45, 7) is 0.106. The number of carbonyl (C=O) groups excluding carboxylic acids is 1. The average molecular weight is 238 g/mol. The summed E-state index contributed by atoms with van der Waals surface area (Å²) in [5, 5.41) is 2.40. The van der Waals surface area contributed by atoms with Crippen LogP contribution in [-0.2, 0) is 6.54 Å². The summed E-state index contributed by atoms with van der Waals surface area (Å²) in [6.07, 6.45) is 4.14. The smallest absolute Gasteiger partial charge is 0.254 e. The van der Waals surface area contributed by atoms with E-state index in [9.17, 15) is 13.6 Å². The molecular weight excluding hydrogens is 230 g/mol. The number of halogens is 2.